The van der Waals surface area contributed by atoms with Crippen LogP contribution < -0.4 is 4.72 Å². The Morgan fingerprint density at radius 1 is 1.18 bits per heavy atom. The maximum Gasteiger partial charge on any atom is 0.313 e. The number of unbranched alkanes of at least 4 members (excludes halogenated alkanes) is 3. The first-order valence-corrected chi connectivity index (χ1v) is 10.8. The van der Waals surface area contributed by atoms with Gasteiger partial charge >= 0.3 is 5.97 Å². The minimum Gasteiger partial charge on any atom is -0.469 e. The van der Waals surface area contributed by atoms with Gasteiger partial charge in [-0.05, 0) is 31.9 Å². The quantitative estimate of drug-likeness (QED) is 0.231. The molecule has 1 rings (SSSR count). The monoisotopic (exact) mass is 405 g/mol. The van der Waals surface area contributed by atoms with Crippen LogP contribution in [0.4, 0.5) is 0 Å². The molecule has 0 radical (unpaired) electrons. The molecule has 1 N–H and O–H groups in total. The zero-order valence-corrected chi connectivity index (χ0v) is 17.8. The number of aryl methyl sites for hydroxylation is 1. The summed E-state index contributed by atoms with van der Waals surface area (Å²) in [4.78, 5) is 24.1. The first-order chi connectivity index (χ1) is 13.5. The predicted molar refractivity (Wildman–Crippen MR) is 113 cm³/mol. The number of nitrogens with one attached hydrogen (secondary N) is 1. The number of allylic oxidation sites excluding steroid dienone is 3. The van der Waals surface area contributed by atoms with Crippen LogP contribution in [0.25, 0.3) is 0 Å². The molecule has 6 heteroatoms. The third-order valence-electron chi connectivity index (χ3n) is 4.08. The van der Waals surface area contributed by atoms with Crippen molar-refractivity contribution in [2.75, 3.05) is 7.11 Å². The first kappa shape index (κ1) is 24.0. The highest BCUT2D eigenvalue weighted by Gasteiger charge is 2.17. The lowest BCUT2D eigenvalue weighted by atomic mass is 10.1. The maximum absolute atomic E-state index is 12.6. The number of rotatable bonds is 13. The molecule has 5 nitrogen and oxygen atoms in total. The fraction of sp³-hybridized carbons (Fsp3) is 0.455. The molecule has 1 unspecified atom stereocenters. The molecular formula is C22H31NO4S. The number of hydrogen-bond donors (Lipinski definition) is 1. The van der Waals surface area contributed by atoms with Gasteiger partial charge in [0.1, 0.15) is 23.2 Å². The van der Waals surface area contributed by atoms with Gasteiger partial charge in [-0.3, -0.25) is 9.59 Å². The van der Waals surface area contributed by atoms with Crippen LogP contribution in [0.3, 0.4) is 0 Å². The predicted octanol–water partition coefficient (Wildman–Crippen LogP) is 4.19. The van der Waals surface area contributed by atoms with E-state index in [0.29, 0.717) is 4.90 Å². The van der Waals surface area contributed by atoms with E-state index in [1.165, 1.54) is 20.0 Å². The van der Waals surface area contributed by atoms with Crippen molar-refractivity contribution in [1.29, 1.82) is 0 Å². The zero-order valence-electron chi connectivity index (χ0n) is 17.0. The lowest BCUT2D eigenvalue weighted by molar-refractivity contribution is -0.143. The lowest BCUT2D eigenvalue weighted by Gasteiger charge is -2.14. The van der Waals surface area contributed by atoms with E-state index >= 15 is 0 Å². The summed E-state index contributed by atoms with van der Waals surface area (Å²) in [5.41, 5.74) is 1.08. The second-order valence-corrected chi connectivity index (χ2v) is 7.86. The molecule has 0 bridgehead atoms. The number of Topliss-reactive ketones (excluding diaryl/α,β-unsaturated/α-hetero) is 1. The van der Waals surface area contributed by atoms with Crippen molar-refractivity contribution in [2.45, 2.75) is 63.3 Å². The number of esters is 1. The summed E-state index contributed by atoms with van der Waals surface area (Å²) in [7, 11) is -0.207. The molecule has 0 aliphatic carbocycles. The van der Waals surface area contributed by atoms with Gasteiger partial charge in [0.25, 0.3) is 0 Å². The molecular weight excluding hydrogens is 374 g/mol. The zero-order chi connectivity index (χ0) is 20.8. The van der Waals surface area contributed by atoms with Gasteiger partial charge in [-0.2, -0.15) is 0 Å². The summed E-state index contributed by atoms with van der Waals surface area (Å²) < 4.78 is 20.1. The highest BCUT2D eigenvalue weighted by atomic mass is 32.2. The molecule has 0 heterocycles. The van der Waals surface area contributed by atoms with E-state index in [9.17, 15) is 13.8 Å². The van der Waals surface area contributed by atoms with Gasteiger partial charge in [-0.25, -0.2) is 8.93 Å². The van der Waals surface area contributed by atoms with E-state index in [1.54, 1.807) is 18.2 Å². The van der Waals surface area contributed by atoms with Crippen LogP contribution in [0.1, 0.15) is 51.0 Å². The van der Waals surface area contributed by atoms with Crippen molar-refractivity contribution in [2.24, 2.45) is 0 Å². The van der Waals surface area contributed by atoms with Crippen molar-refractivity contribution in [1.82, 2.24) is 4.72 Å². The molecule has 0 amide bonds. The van der Waals surface area contributed by atoms with E-state index in [4.69, 9.17) is 0 Å². The molecule has 1 aromatic rings. The topological polar surface area (TPSA) is 72.5 Å². The van der Waals surface area contributed by atoms with E-state index in [2.05, 4.69) is 22.5 Å². The maximum atomic E-state index is 12.6. The van der Waals surface area contributed by atoms with Crippen molar-refractivity contribution < 1.29 is 18.5 Å². The summed E-state index contributed by atoms with van der Waals surface area (Å²) in [6.45, 7) is 4.13. The summed E-state index contributed by atoms with van der Waals surface area (Å²) in [5, 5.41) is 0. The Balaban J connectivity index is 2.73. The second kappa shape index (κ2) is 14.0. The molecule has 154 valence electrons. The molecule has 0 aromatic heterocycles. The number of benzene rings is 1. The summed E-state index contributed by atoms with van der Waals surface area (Å²) in [6.07, 6.45) is 12.0. The highest BCUT2D eigenvalue weighted by molar-refractivity contribution is 7.83. The smallest absolute Gasteiger partial charge is 0.313 e. The largest absolute Gasteiger partial charge is 0.469 e. The average Bonchev–Trinajstić information content (AvgIpc) is 2.67. The first-order valence-electron chi connectivity index (χ1n) is 9.62. The fourth-order valence-electron chi connectivity index (χ4n) is 2.45. The highest BCUT2D eigenvalue weighted by Crippen LogP contribution is 2.09. The molecule has 0 aliphatic rings. The molecule has 0 saturated carbocycles. The third kappa shape index (κ3) is 10.3. The molecule has 28 heavy (non-hydrogen) atoms. The Kier molecular flexibility index (Phi) is 12.0. The van der Waals surface area contributed by atoms with Gasteiger partial charge in [0.15, 0.2) is 0 Å². The van der Waals surface area contributed by atoms with Gasteiger partial charge in [-0.1, -0.05) is 61.8 Å². The molecule has 0 fully saturated rings. The van der Waals surface area contributed by atoms with Crippen molar-refractivity contribution in [3.8, 4) is 0 Å². The Labute approximate surface area is 170 Å². The summed E-state index contributed by atoms with van der Waals surface area (Å²) in [5.74, 6) is -0.829. The van der Waals surface area contributed by atoms with Crippen LogP contribution in [0.2, 0.25) is 0 Å². The Morgan fingerprint density at radius 2 is 1.89 bits per heavy atom. The van der Waals surface area contributed by atoms with Crippen molar-refractivity contribution >= 4 is 22.7 Å². The van der Waals surface area contributed by atoms with E-state index < -0.39 is 23.0 Å². The number of ketones is 1. The molecule has 0 aliphatic heterocycles. The van der Waals surface area contributed by atoms with Crippen LogP contribution in [0.5, 0.6) is 0 Å². The van der Waals surface area contributed by atoms with Crippen LogP contribution in [0.15, 0.2) is 53.5 Å². The summed E-state index contributed by atoms with van der Waals surface area (Å²) in [6, 6.07) is 6.92. The Bertz CT molecular complexity index is 695. The van der Waals surface area contributed by atoms with Gasteiger partial charge in [0.05, 0.1) is 12.0 Å². The number of carbonyl (C=O) groups is 2. The van der Waals surface area contributed by atoms with Crippen LogP contribution in [-0.4, -0.2) is 29.1 Å². The molecule has 2 atom stereocenters. The molecule has 0 saturated heterocycles. The Hall–Kier alpha value is -2.05. The van der Waals surface area contributed by atoms with Gasteiger partial charge in [0.2, 0.25) is 0 Å². The van der Waals surface area contributed by atoms with Gasteiger partial charge < -0.3 is 4.74 Å². The SMILES string of the molecule is CCCCC/C=C/C=C/[C@H](CC(=O)CC(=O)OC)NS(=O)c1ccc(C)cc1. The van der Waals surface area contributed by atoms with Crippen LogP contribution >= 0.6 is 0 Å². The van der Waals surface area contributed by atoms with E-state index in [-0.39, 0.29) is 18.6 Å². The fourth-order valence-corrected chi connectivity index (χ4v) is 3.41. The van der Waals surface area contributed by atoms with Crippen molar-refractivity contribution in [3.05, 3.63) is 54.1 Å². The van der Waals surface area contributed by atoms with Crippen molar-refractivity contribution in [3.63, 3.8) is 0 Å². The van der Waals surface area contributed by atoms with Gasteiger partial charge in [0, 0.05) is 12.5 Å². The molecule has 0 spiro atoms. The van der Waals surface area contributed by atoms with Crippen LogP contribution in [0, 0.1) is 6.92 Å². The summed E-state index contributed by atoms with van der Waals surface area (Å²) >= 11 is 0. The third-order valence-corrected chi connectivity index (χ3v) is 5.29. The normalized spacial score (nSPS) is 13.7. The second-order valence-electron chi connectivity index (χ2n) is 6.61. The number of ether oxygens (including phenoxy) is 1. The minimum atomic E-state index is -1.46. The standard InChI is InChI=1S/C22H31NO4S/c1-4-5-6-7-8-9-10-11-19(16-20(24)17-22(25)27-3)23-28(26)21-14-12-18(2)13-15-21/h8-15,19,23H,4-7,16-17H2,1-3H3/b9-8+,11-10+/t19-,28?/m1/s1. The average molecular weight is 406 g/mol. The number of methoxy groups -OCH3 is 1. The molecule has 1 aromatic carbocycles. The minimum absolute atomic E-state index is 0.0624. The lowest BCUT2D eigenvalue weighted by Crippen LogP contribution is -2.32. The number of carbonyl (C=O) groups excluding carboxylic acids is 2. The van der Waals surface area contributed by atoms with E-state index in [1.807, 2.05) is 31.2 Å². The Morgan fingerprint density at radius 3 is 2.54 bits per heavy atom. The van der Waals surface area contributed by atoms with Gasteiger partial charge in [-0.15, -0.1) is 0 Å². The number of hydrogen-bond acceptors (Lipinski definition) is 4. The van der Waals surface area contributed by atoms with E-state index in [0.717, 1.165) is 18.4 Å². The van der Waals surface area contributed by atoms with Crippen LogP contribution in [-0.2, 0) is 25.3 Å².